The first-order valence-electron chi connectivity index (χ1n) is 2.08. The number of nitrogens with zero attached hydrogens (tertiary/aromatic N) is 1. The molecule has 3 heteroatoms. The third-order valence-corrected chi connectivity index (χ3v) is 1.01. The summed E-state index contributed by atoms with van der Waals surface area (Å²) in [5.41, 5.74) is 0. The molecule has 0 aliphatic rings. The van der Waals surface area contributed by atoms with E-state index >= 15 is 0 Å². The molecule has 1 radical (unpaired) electrons. The monoisotopic (exact) mass is 128 g/mol. The molecule has 0 N–H and O–H groups in total. The van der Waals surface area contributed by atoms with Gasteiger partial charge >= 0.3 is 0 Å². The van der Waals surface area contributed by atoms with Crippen LogP contribution in [-0.2, 0) is 5.11 Å². The summed E-state index contributed by atoms with van der Waals surface area (Å²) in [5, 5.41) is 10.5. The SMILES string of the molecule is [O]c1cccnc1Cl. The van der Waals surface area contributed by atoms with Gasteiger partial charge in [0.2, 0.25) is 5.75 Å². The van der Waals surface area contributed by atoms with Crippen LogP contribution in [0, 0.1) is 0 Å². The van der Waals surface area contributed by atoms with E-state index in [4.69, 9.17) is 11.6 Å². The fraction of sp³-hybridized carbons (Fsp3) is 0. The van der Waals surface area contributed by atoms with Gasteiger partial charge in [0.15, 0.2) is 5.15 Å². The number of hydrogen-bond acceptors (Lipinski definition) is 1. The van der Waals surface area contributed by atoms with Crippen molar-refractivity contribution >= 4 is 11.6 Å². The Balaban J connectivity index is 3.13. The van der Waals surface area contributed by atoms with Crippen molar-refractivity contribution in [3.63, 3.8) is 0 Å². The van der Waals surface area contributed by atoms with E-state index in [0.29, 0.717) is 0 Å². The van der Waals surface area contributed by atoms with Crippen LogP contribution in [0.25, 0.3) is 0 Å². The molecule has 0 atom stereocenters. The van der Waals surface area contributed by atoms with Crippen molar-refractivity contribution in [2.24, 2.45) is 0 Å². The zero-order chi connectivity index (χ0) is 5.98. The minimum Gasteiger partial charge on any atom is -0.287 e. The summed E-state index contributed by atoms with van der Waals surface area (Å²) in [5.74, 6) is -0.228. The first-order chi connectivity index (χ1) is 3.80. The Bertz CT molecular complexity index is 169. The molecule has 0 unspecified atom stereocenters. The van der Waals surface area contributed by atoms with Crippen LogP contribution in [0.4, 0.5) is 0 Å². The normalized spacial score (nSPS) is 9.12. The van der Waals surface area contributed by atoms with Crippen molar-refractivity contribution in [2.75, 3.05) is 0 Å². The van der Waals surface area contributed by atoms with Gasteiger partial charge in [0, 0.05) is 6.20 Å². The van der Waals surface area contributed by atoms with Crippen molar-refractivity contribution < 1.29 is 5.11 Å². The number of rotatable bonds is 0. The van der Waals surface area contributed by atoms with Gasteiger partial charge in [-0.2, -0.15) is 0 Å². The molecule has 1 rings (SSSR count). The Kier molecular flexibility index (Phi) is 1.35. The second kappa shape index (κ2) is 2.01. The molecule has 0 bridgehead atoms. The zero-order valence-electron chi connectivity index (χ0n) is 3.97. The molecule has 0 fully saturated rings. The molecule has 8 heavy (non-hydrogen) atoms. The maximum Gasteiger partial charge on any atom is 0.215 e. The number of hydrogen-bond donors (Lipinski definition) is 0. The molecular formula is C5H3ClNO. The van der Waals surface area contributed by atoms with E-state index in [1.54, 1.807) is 6.07 Å². The maximum atomic E-state index is 10.4. The van der Waals surface area contributed by atoms with Crippen molar-refractivity contribution in [2.45, 2.75) is 0 Å². The Morgan fingerprint density at radius 2 is 2.38 bits per heavy atom. The van der Waals surface area contributed by atoms with E-state index in [0.717, 1.165) is 0 Å². The Hall–Kier alpha value is -0.760. The predicted molar refractivity (Wildman–Crippen MR) is 29.4 cm³/mol. The molecule has 0 spiro atoms. The average molecular weight is 129 g/mol. The lowest BCUT2D eigenvalue weighted by Gasteiger charge is -1.85. The maximum absolute atomic E-state index is 10.4. The van der Waals surface area contributed by atoms with Crippen LogP contribution in [0.2, 0.25) is 5.15 Å². The standard InChI is InChI=1S/C5H3ClNO/c6-5-4(8)2-1-3-7-5/h1-3H. The number of pyridine rings is 1. The van der Waals surface area contributed by atoms with Crippen LogP contribution in [0.5, 0.6) is 5.75 Å². The molecule has 1 heterocycles. The molecule has 41 valence electrons. The van der Waals surface area contributed by atoms with Gasteiger partial charge in [-0.3, -0.25) is 5.11 Å². The Morgan fingerprint density at radius 3 is 2.75 bits per heavy atom. The Labute approximate surface area is 51.7 Å². The minimum absolute atomic E-state index is 0.0347. The molecule has 0 amide bonds. The lowest BCUT2D eigenvalue weighted by molar-refractivity contribution is 0.353. The number of aromatic nitrogens is 1. The Morgan fingerprint density at radius 1 is 1.62 bits per heavy atom. The minimum atomic E-state index is -0.228. The van der Waals surface area contributed by atoms with Gasteiger partial charge in [0.25, 0.3) is 0 Å². The molecule has 2 nitrogen and oxygen atoms in total. The molecule has 1 aromatic rings. The molecular weight excluding hydrogens is 126 g/mol. The summed E-state index contributed by atoms with van der Waals surface area (Å²) in [6.45, 7) is 0. The summed E-state index contributed by atoms with van der Waals surface area (Å²) in [7, 11) is 0. The highest BCUT2D eigenvalue weighted by atomic mass is 35.5. The van der Waals surface area contributed by atoms with Crippen LogP contribution in [0.3, 0.4) is 0 Å². The fourth-order valence-electron chi connectivity index (χ4n) is 0.371. The summed E-state index contributed by atoms with van der Waals surface area (Å²) in [6, 6.07) is 2.92. The lowest BCUT2D eigenvalue weighted by Crippen LogP contribution is -1.69. The second-order valence-corrected chi connectivity index (χ2v) is 1.65. The molecule has 0 saturated heterocycles. The van der Waals surface area contributed by atoms with Crippen LogP contribution in [-0.4, -0.2) is 4.98 Å². The quantitative estimate of drug-likeness (QED) is 0.491. The van der Waals surface area contributed by atoms with Crippen LogP contribution in [0.1, 0.15) is 0 Å². The summed E-state index contributed by atoms with van der Waals surface area (Å²) >= 11 is 5.29. The first kappa shape index (κ1) is 5.38. The van der Waals surface area contributed by atoms with Gasteiger partial charge in [-0.1, -0.05) is 11.6 Å². The molecule has 0 aliphatic heterocycles. The van der Waals surface area contributed by atoms with E-state index in [9.17, 15) is 5.11 Å². The first-order valence-corrected chi connectivity index (χ1v) is 2.46. The van der Waals surface area contributed by atoms with Gasteiger partial charge in [-0.05, 0) is 12.1 Å². The van der Waals surface area contributed by atoms with Crippen LogP contribution >= 0.6 is 11.6 Å². The smallest absolute Gasteiger partial charge is 0.215 e. The van der Waals surface area contributed by atoms with Crippen molar-refractivity contribution in [1.29, 1.82) is 0 Å². The highest BCUT2D eigenvalue weighted by molar-refractivity contribution is 6.30. The van der Waals surface area contributed by atoms with Crippen molar-refractivity contribution in [3.8, 4) is 5.75 Å². The van der Waals surface area contributed by atoms with E-state index in [-0.39, 0.29) is 10.9 Å². The van der Waals surface area contributed by atoms with Gasteiger partial charge in [-0.25, -0.2) is 4.98 Å². The van der Waals surface area contributed by atoms with Gasteiger partial charge in [0.1, 0.15) is 0 Å². The van der Waals surface area contributed by atoms with E-state index in [1.165, 1.54) is 12.3 Å². The van der Waals surface area contributed by atoms with Crippen molar-refractivity contribution in [1.82, 2.24) is 4.98 Å². The zero-order valence-corrected chi connectivity index (χ0v) is 4.72. The van der Waals surface area contributed by atoms with Crippen LogP contribution < -0.4 is 0 Å². The topological polar surface area (TPSA) is 32.8 Å². The third-order valence-electron chi connectivity index (χ3n) is 0.725. The summed E-state index contributed by atoms with van der Waals surface area (Å²) < 4.78 is 0. The van der Waals surface area contributed by atoms with E-state index in [1.807, 2.05) is 0 Å². The lowest BCUT2D eigenvalue weighted by atomic mass is 10.5. The van der Waals surface area contributed by atoms with Gasteiger partial charge in [-0.15, -0.1) is 0 Å². The summed E-state index contributed by atoms with van der Waals surface area (Å²) in [6.07, 6.45) is 1.48. The summed E-state index contributed by atoms with van der Waals surface area (Å²) in [4.78, 5) is 3.53. The molecule has 0 aromatic carbocycles. The average Bonchev–Trinajstić information content (AvgIpc) is 1.77. The van der Waals surface area contributed by atoms with E-state index < -0.39 is 0 Å². The predicted octanol–water partition coefficient (Wildman–Crippen LogP) is 1.88. The second-order valence-electron chi connectivity index (χ2n) is 1.29. The molecule has 1 aromatic heterocycles. The van der Waals surface area contributed by atoms with Gasteiger partial charge < -0.3 is 0 Å². The molecule has 0 saturated carbocycles. The fourth-order valence-corrected chi connectivity index (χ4v) is 0.491. The van der Waals surface area contributed by atoms with Gasteiger partial charge in [0.05, 0.1) is 0 Å². The van der Waals surface area contributed by atoms with E-state index in [2.05, 4.69) is 4.98 Å². The highest BCUT2D eigenvalue weighted by Crippen LogP contribution is 2.17. The number of halogens is 1. The third kappa shape index (κ3) is 0.898. The van der Waals surface area contributed by atoms with Crippen LogP contribution in [0.15, 0.2) is 18.3 Å². The van der Waals surface area contributed by atoms with Crippen molar-refractivity contribution in [3.05, 3.63) is 23.5 Å². The largest absolute Gasteiger partial charge is 0.287 e. The highest BCUT2D eigenvalue weighted by Gasteiger charge is 1.94. The molecule has 0 aliphatic carbocycles.